The van der Waals surface area contributed by atoms with Crippen LogP contribution in [0, 0.1) is 18.5 Å². The van der Waals surface area contributed by atoms with Gasteiger partial charge < -0.3 is 10.3 Å². The average molecular weight is 230 g/mol. The standard InChI is InChI=1S/C13H14N2S/c1-9-3-4-10(2)12(7-9)15-11-5-6-14-13(16)8-11/h3-8H,1-2H3,(H2,14,15,16). The second-order valence-electron chi connectivity index (χ2n) is 3.88. The first-order chi connectivity index (χ1) is 7.65. The van der Waals surface area contributed by atoms with Crippen LogP contribution in [-0.2, 0) is 0 Å². The van der Waals surface area contributed by atoms with Crippen molar-refractivity contribution in [1.82, 2.24) is 4.98 Å². The first-order valence-corrected chi connectivity index (χ1v) is 5.59. The molecule has 0 unspecified atom stereocenters. The normalized spacial score (nSPS) is 10.1. The summed E-state index contributed by atoms with van der Waals surface area (Å²) in [6.07, 6.45) is 1.84. The van der Waals surface area contributed by atoms with E-state index in [1.807, 2.05) is 18.3 Å². The summed E-state index contributed by atoms with van der Waals surface area (Å²) in [7, 11) is 0. The highest BCUT2D eigenvalue weighted by Gasteiger charge is 1.99. The quantitative estimate of drug-likeness (QED) is 0.760. The number of aryl methyl sites for hydroxylation is 2. The molecule has 2 aromatic rings. The Hall–Kier alpha value is -1.61. The number of rotatable bonds is 2. The lowest BCUT2D eigenvalue weighted by atomic mass is 10.1. The number of H-pyrrole nitrogens is 1. The molecule has 82 valence electrons. The Morgan fingerprint density at radius 1 is 1.12 bits per heavy atom. The number of aromatic nitrogens is 1. The zero-order valence-electron chi connectivity index (χ0n) is 9.37. The number of nitrogens with one attached hydrogen (secondary N) is 2. The predicted octanol–water partition coefficient (Wildman–Crippen LogP) is 4.10. The third-order valence-corrected chi connectivity index (χ3v) is 2.68. The minimum atomic E-state index is 0.732. The van der Waals surface area contributed by atoms with Crippen molar-refractivity contribution in [3.05, 3.63) is 52.3 Å². The van der Waals surface area contributed by atoms with E-state index in [0.29, 0.717) is 0 Å². The molecule has 1 aromatic heterocycles. The molecule has 2 N–H and O–H groups in total. The summed E-state index contributed by atoms with van der Waals surface area (Å²) >= 11 is 5.08. The molecular formula is C13H14N2S. The second kappa shape index (κ2) is 4.49. The fraction of sp³-hybridized carbons (Fsp3) is 0.154. The van der Waals surface area contributed by atoms with Crippen molar-refractivity contribution in [2.24, 2.45) is 0 Å². The largest absolute Gasteiger partial charge is 0.355 e. The summed E-state index contributed by atoms with van der Waals surface area (Å²) in [6, 6.07) is 10.2. The lowest BCUT2D eigenvalue weighted by Gasteiger charge is -2.10. The maximum Gasteiger partial charge on any atom is 0.105 e. The van der Waals surface area contributed by atoms with Crippen molar-refractivity contribution in [3.63, 3.8) is 0 Å². The fourth-order valence-electron chi connectivity index (χ4n) is 1.55. The Kier molecular flexibility index (Phi) is 3.06. The number of anilines is 2. The number of hydrogen-bond donors (Lipinski definition) is 2. The molecule has 2 nitrogen and oxygen atoms in total. The summed E-state index contributed by atoms with van der Waals surface area (Å²) < 4.78 is 0.732. The van der Waals surface area contributed by atoms with Gasteiger partial charge in [0.25, 0.3) is 0 Å². The van der Waals surface area contributed by atoms with Gasteiger partial charge in [0, 0.05) is 17.6 Å². The van der Waals surface area contributed by atoms with Crippen molar-refractivity contribution in [3.8, 4) is 0 Å². The van der Waals surface area contributed by atoms with Crippen LogP contribution >= 0.6 is 12.2 Å². The van der Waals surface area contributed by atoms with Gasteiger partial charge in [0.15, 0.2) is 0 Å². The number of benzene rings is 1. The molecule has 0 atom stereocenters. The van der Waals surface area contributed by atoms with Crippen LogP contribution in [0.2, 0.25) is 0 Å². The van der Waals surface area contributed by atoms with Crippen molar-refractivity contribution in [2.75, 3.05) is 5.32 Å². The minimum absolute atomic E-state index is 0.732. The first kappa shape index (κ1) is 10.9. The number of hydrogen-bond acceptors (Lipinski definition) is 2. The van der Waals surface area contributed by atoms with E-state index >= 15 is 0 Å². The van der Waals surface area contributed by atoms with Gasteiger partial charge in [-0.15, -0.1) is 0 Å². The van der Waals surface area contributed by atoms with Gasteiger partial charge in [0.2, 0.25) is 0 Å². The van der Waals surface area contributed by atoms with E-state index in [1.165, 1.54) is 11.1 Å². The van der Waals surface area contributed by atoms with Crippen LogP contribution in [0.1, 0.15) is 11.1 Å². The van der Waals surface area contributed by atoms with E-state index in [2.05, 4.69) is 42.3 Å². The molecule has 0 aliphatic heterocycles. The zero-order chi connectivity index (χ0) is 11.5. The monoisotopic (exact) mass is 230 g/mol. The van der Waals surface area contributed by atoms with Gasteiger partial charge in [-0.2, -0.15) is 0 Å². The zero-order valence-corrected chi connectivity index (χ0v) is 10.2. The minimum Gasteiger partial charge on any atom is -0.355 e. The third kappa shape index (κ3) is 2.49. The molecule has 3 heteroatoms. The Morgan fingerprint density at radius 3 is 2.69 bits per heavy atom. The number of pyridine rings is 1. The van der Waals surface area contributed by atoms with E-state index in [9.17, 15) is 0 Å². The second-order valence-corrected chi connectivity index (χ2v) is 4.32. The SMILES string of the molecule is Cc1ccc(C)c(Nc2cc[nH]c(=S)c2)c1. The van der Waals surface area contributed by atoms with Crippen LogP contribution in [0.4, 0.5) is 11.4 Å². The maximum absolute atomic E-state index is 5.08. The molecule has 0 saturated heterocycles. The highest BCUT2D eigenvalue weighted by Crippen LogP contribution is 2.21. The van der Waals surface area contributed by atoms with Gasteiger partial charge in [-0.3, -0.25) is 0 Å². The van der Waals surface area contributed by atoms with Crippen LogP contribution in [-0.4, -0.2) is 4.98 Å². The van der Waals surface area contributed by atoms with Gasteiger partial charge in [0.05, 0.1) is 0 Å². The summed E-state index contributed by atoms with van der Waals surface area (Å²) in [5, 5.41) is 3.37. The molecule has 16 heavy (non-hydrogen) atoms. The Bertz CT molecular complexity index is 558. The van der Waals surface area contributed by atoms with Gasteiger partial charge in [-0.25, -0.2) is 0 Å². The highest BCUT2D eigenvalue weighted by molar-refractivity contribution is 7.71. The Balaban J connectivity index is 2.33. The van der Waals surface area contributed by atoms with Crippen LogP contribution in [0.15, 0.2) is 36.5 Å². The third-order valence-electron chi connectivity index (χ3n) is 2.45. The smallest absolute Gasteiger partial charge is 0.105 e. The summed E-state index contributed by atoms with van der Waals surface area (Å²) in [5.74, 6) is 0. The van der Waals surface area contributed by atoms with Crippen LogP contribution in [0.5, 0.6) is 0 Å². The Labute approximate surface area is 100 Å². The Morgan fingerprint density at radius 2 is 1.94 bits per heavy atom. The lowest BCUT2D eigenvalue weighted by Crippen LogP contribution is -1.94. The number of aromatic amines is 1. The van der Waals surface area contributed by atoms with Crippen molar-refractivity contribution in [1.29, 1.82) is 0 Å². The van der Waals surface area contributed by atoms with Crippen molar-refractivity contribution < 1.29 is 0 Å². The van der Waals surface area contributed by atoms with E-state index in [4.69, 9.17) is 12.2 Å². The van der Waals surface area contributed by atoms with Gasteiger partial charge in [0.1, 0.15) is 4.64 Å². The highest BCUT2D eigenvalue weighted by atomic mass is 32.1. The summed E-state index contributed by atoms with van der Waals surface area (Å²) in [5.41, 5.74) is 4.61. The van der Waals surface area contributed by atoms with Crippen molar-refractivity contribution >= 4 is 23.6 Å². The van der Waals surface area contributed by atoms with Gasteiger partial charge in [-0.05, 0) is 43.2 Å². The topological polar surface area (TPSA) is 27.8 Å². The predicted molar refractivity (Wildman–Crippen MR) is 70.8 cm³/mol. The van der Waals surface area contributed by atoms with E-state index in [1.54, 1.807) is 0 Å². The van der Waals surface area contributed by atoms with Crippen LogP contribution < -0.4 is 5.32 Å². The molecule has 0 aliphatic rings. The molecule has 0 radical (unpaired) electrons. The molecule has 0 aliphatic carbocycles. The summed E-state index contributed by atoms with van der Waals surface area (Å²) in [6.45, 7) is 4.17. The van der Waals surface area contributed by atoms with Crippen molar-refractivity contribution in [2.45, 2.75) is 13.8 Å². The maximum atomic E-state index is 5.08. The molecule has 1 heterocycles. The molecule has 0 spiro atoms. The fourth-order valence-corrected chi connectivity index (χ4v) is 1.74. The van der Waals surface area contributed by atoms with Crippen LogP contribution in [0.3, 0.4) is 0 Å². The molecular weight excluding hydrogens is 216 g/mol. The van der Waals surface area contributed by atoms with E-state index in [0.717, 1.165) is 16.0 Å². The average Bonchev–Trinajstić information content (AvgIpc) is 2.24. The molecule has 0 bridgehead atoms. The molecule has 2 rings (SSSR count). The molecule has 0 fully saturated rings. The van der Waals surface area contributed by atoms with Gasteiger partial charge >= 0.3 is 0 Å². The first-order valence-electron chi connectivity index (χ1n) is 5.18. The molecule has 1 aromatic carbocycles. The van der Waals surface area contributed by atoms with Crippen LogP contribution in [0.25, 0.3) is 0 Å². The summed E-state index contributed by atoms with van der Waals surface area (Å²) in [4.78, 5) is 2.96. The molecule has 0 saturated carbocycles. The van der Waals surface area contributed by atoms with Gasteiger partial charge in [-0.1, -0.05) is 24.4 Å². The lowest BCUT2D eigenvalue weighted by molar-refractivity contribution is 1.29. The molecule has 0 amide bonds. The van der Waals surface area contributed by atoms with E-state index in [-0.39, 0.29) is 0 Å². The van der Waals surface area contributed by atoms with E-state index < -0.39 is 0 Å².